The van der Waals surface area contributed by atoms with Crippen LogP contribution in [0.3, 0.4) is 0 Å². The third-order valence-corrected chi connectivity index (χ3v) is 6.70. The fraction of sp³-hybridized carbons (Fsp3) is 0.179. The van der Waals surface area contributed by atoms with Crippen LogP contribution in [0.4, 0.5) is 5.69 Å². The second-order valence-electron chi connectivity index (χ2n) is 8.00. The molecule has 0 aliphatic heterocycles. The molecule has 0 atom stereocenters. The second kappa shape index (κ2) is 10.6. The molecule has 178 valence electrons. The van der Waals surface area contributed by atoms with E-state index in [2.05, 4.69) is 4.98 Å². The number of aromatic nitrogens is 1. The number of carbonyl (C=O) groups excluding carboxylic acids is 1. The van der Waals surface area contributed by atoms with Gasteiger partial charge in [0.2, 0.25) is 0 Å². The van der Waals surface area contributed by atoms with Crippen molar-refractivity contribution < 1.29 is 19.8 Å². The van der Waals surface area contributed by atoms with E-state index in [4.69, 9.17) is 0 Å². The molecule has 0 aliphatic rings. The highest BCUT2D eigenvalue weighted by Crippen LogP contribution is 2.39. The summed E-state index contributed by atoms with van der Waals surface area (Å²) in [5, 5.41) is 22.1. The summed E-state index contributed by atoms with van der Waals surface area (Å²) < 4.78 is 0. The zero-order valence-corrected chi connectivity index (χ0v) is 20.4. The number of amides is 1. The SMILES string of the molecule is CCc1nc(C(=O)N(CC(=O)O)c2ccccc2)c(O)c2c(CC)cc(Sc3ccccc3)cc12. The predicted octanol–water partition coefficient (Wildman–Crippen LogP) is 5.95. The van der Waals surface area contributed by atoms with Crippen molar-refractivity contribution in [1.29, 1.82) is 0 Å². The zero-order valence-electron chi connectivity index (χ0n) is 19.6. The highest BCUT2D eigenvalue weighted by molar-refractivity contribution is 7.99. The number of para-hydroxylation sites is 1. The number of benzene rings is 3. The van der Waals surface area contributed by atoms with Crippen molar-refractivity contribution in [1.82, 2.24) is 4.98 Å². The van der Waals surface area contributed by atoms with Crippen molar-refractivity contribution in [2.45, 2.75) is 36.5 Å². The third-order valence-electron chi connectivity index (χ3n) is 5.72. The minimum Gasteiger partial charge on any atom is -0.505 e. The molecular formula is C28H26N2O4S. The number of pyridine rings is 1. The fourth-order valence-corrected chi connectivity index (χ4v) is 5.02. The quantitative estimate of drug-likeness (QED) is 0.320. The number of fused-ring (bicyclic) bond motifs is 1. The van der Waals surface area contributed by atoms with Crippen LogP contribution in [0.25, 0.3) is 10.8 Å². The Morgan fingerprint density at radius 1 is 0.914 bits per heavy atom. The molecule has 0 fully saturated rings. The summed E-state index contributed by atoms with van der Waals surface area (Å²) in [6.45, 7) is 3.40. The summed E-state index contributed by atoms with van der Waals surface area (Å²) >= 11 is 1.63. The number of nitrogens with zero attached hydrogens (tertiary/aromatic N) is 2. The highest BCUT2D eigenvalue weighted by atomic mass is 32.2. The Balaban J connectivity index is 1.86. The Bertz CT molecular complexity index is 1370. The van der Waals surface area contributed by atoms with Crippen LogP contribution >= 0.6 is 11.8 Å². The van der Waals surface area contributed by atoms with Gasteiger partial charge in [-0.15, -0.1) is 0 Å². The van der Waals surface area contributed by atoms with Crippen molar-refractivity contribution in [2.24, 2.45) is 0 Å². The Morgan fingerprint density at radius 3 is 2.17 bits per heavy atom. The largest absolute Gasteiger partial charge is 0.505 e. The fourth-order valence-electron chi connectivity index (χ4n) is 4.08. The summed E-state index contributed by atoms with van der Waals surface area (Å²) in [5.74, 6) is -2.03. The summed E-state index contributed by atoms with van der Waals surface area (Å²) in [4.78, 5) is 32.9. The minimum absolute atomic E-state index is 0.141. The molecule has 1 amide bonds. The lowest BCUT2D eigenvalue weighted by Crippen LogP contribution is -2.36. The average Bonchev–Trinajstić information content (AvgIpc) is 2.87. The Labute approximate surface area is 208 Å². The number of aromatic hydroxyl groups is 1. The molecule has 35 heavy (non-hydrogen) atoms. The molecule has 2 N–H and O–H groups in total. The molecular weight excluding hydrogens is 460 g/mol. The van der Waals surface area contributed by atoms with Crippen LogP contribution in [0.5, 0.6) is 5.75 Å². The van der Waals surface area contributed by atoms with Gasteiger partial charge in [-0.2, -0.15) is 0 Å². The van der Waals surface area contributed by atoms with Crippen molar-refractivity contribution in [3.63, 3.8) is 0 Å². The summed E-state index contributed by atoms with van der Waals surface area (Å²) in [5.41, 5.74) is 1.85. The van der Waals surface area contributed by atoms with Crippen molar-refractivity contribution in [3.05, 3.63) is 89.7 Å². The Morgan fingerprint density at radius 2 is 1.57 bits per heavy atom. The van der Waals surface area contributed by atoms with Crippen LogP contribution in [0.1, 0.15) is 35.6 Å². The number of carboxylic acids is 1. The number of rotatable bonds is 8. The molecule has 4 rings (SSSR count). The molecule has 0 bridgehead atoms. The van der Waals surface area contributed by atoms with E-state index >= 15 is 0 Å². The first kappa shape index (κ1) is 24.3. The summed E-state index contributed by atoms with van der Waals surface area (Å²) in [7, 11) is 0. The van der Waals surface area contributed by atoms with Gasteiger partial charge in [0.15, 0.2) is 11.4 Å². The van der Waals surface area contributed by atoms with Crippen LogP contribution in [-0.2, 0) is 17.6 Å². The van der Waals surface area contributed by atoms with Gasteiger partial charge in [-0.25, -0.2) is 4.98 Å². The van der Waals surface area contributed by atoms with Gasteiger partial charge >= 0.3 is 5.97 Å². The first-order chi connectivity index (χ1) is 16.9. The van der Waals surface area contributed by atoms with Gasteiger partial charge in [0.05, 0.1) is 0 Å². The smallest absolute Gasteiger partial charge is 0.323 e. The molecule has 0 spiro atoms. The molecule has 1 aromatic heterocycles. The maximum absolute atomic E-state index is 13.6. The van der Waals surface area contributed by atoms with E-state index in [0.29, 0.717) is 29.6 Å². The normalized spacial score (nSPS) is 10.9. The maximum atomic E-state index is 13.6. The van der Waals surface area contributed by atoms with Crippen LogP contribution in [0.15, 0.2) is 82.6 Å². The molecule has 7 heteroatoms. The molecule has 0 saturated carbocycles. The molecule has 0 saturated heterocycles. The van der Waals surface area contributed by atoms with E-state index in [1.54, 1.807) is 42.1 Å². The van der Waals surface area contributed by atoms with E-state index in [1.807, 2.05) is 56.3 Å². The van der Waals surface area contributed by atoms with Crippen LogP contribution in [0, 0.1) is 0 Å². The van der Waals surface area contributed by atoms with Gasteiger partial charge in [-0.05, 0) is 54.8 Å². The van der Waals surface area contributed by atoms with Crippen molar-refractivity contribution in [3.8, 4) is 5.75 Å². The van der Waals surface area contributed by atoms with Gasteiger partial charge in [-0.3, -0.25) is 14.5 Å². The third kappa shape index (κ3) is 5.15. The number of hydrogen-bond acceptors (Lipinski definition) is 5. The van der Waals surface area contributed by atoms with Crippen LogP contribution in [-0.4, -0.2) is 33.6 Å². The summed E-state index contributed by atoms with van der Waals surface area (Å²) in [6, 6.07) is 22.6. The highest BCUT2D eigenvalue weighted by Gasteiger charge is 2.27. The summed E-state index contributed by atoms with van der Waals surface area (Å²) in [6.07, 6.45) is 1.19. The number of carboxylic acid groups (broad SMARTS) is 1. The maximum Gasteiger partial charge on any atom is 0.323 e. The molecule has 0 aliphatic carbocycles. The molecule has 4 aromatic rings. The van der Waals surface area contributed by atoms with E-state index in [-0.39, 0.29) is 11.4 Å². The predicted molar refractivity (Wildman–Crippen MR) is 138 cm³/mol. The average molecular weight is 487 g/mol. The number of carbonyl (C=O) groups is 2. The first-order valence-electron chi connectivity index (χ1n) is 11.4. The van der Waals surface area contributed by atoms with Crippen molar-refractivity contribution in [2.75, 3.05) is 11.4 Å². The number of anilines is 1. The molecule has 6 nitrogen and oxygen atoms in total. The second-order valence-corrected chi connectivity index (χ2v) is 9.15. The monoisotopic (exact) mass is 486 g/mol. The van der Waals surface area contributed by atoms with Gasteiger partial charge in [-0.1, -0.05) is 62.0 Å². The van der Waals surface area contributed by atoms with E-state index < -0.39 is 18.4 Å². The Hall–Kier alpha value is -3.84. The topological polar surface area (TPSA) is 90.7 Å². The lowest BCUT2D eigenvalue weighted by Gasteiger charge is -2.22. The van der Waals surface area contributed by atoms with Crippen molar-refractivity contribution >= 4 is 40.1 Å². The van der Waals surface area contributed by atoms with Crippen LogP contribution in [0.2, 0.25) is 0 Å². The van der Waals surface area contributed by atoms with Crippen LogP contribution < -0.4 is 4.90 Å². The van der Waals surface area contributed by atoms with Gasteiger partial charge in [0.1, 0.15) is 6.54 Å². The minimum atomic E-state index is -1.16. The molecule has 1 heterocycles. The Kier molecular flexibility index (Phi) is 7.36. The molecule has 3 aromatic carbocycles. The molecule has 0 radical (unpaired) electrons. The number of aryl methyl sites for hydroxylation is 2. The standard InChI is InChI=1S/C28H26N2O4S/c1-3-18-15-21(35-20-13-9-6-10-14-20)16-22-23(4-2)29-26(27(33)25(18)22)28(34)30(17-24(31)32)19-11-7-5-8-12-19/h5-16,33H,3-4,17H2,1-2H3,(H,31,32). The zero-order chi connectivity index (χ0) is 24.9. The number of aliphatic carboxylic acids is 1. The van der Waals surface area contributed by atoms with Gasteiger partial charge in [0.25, 0.3) is 5.91 Å². The lowest BCUT2D eigenvalue weighted by atomic mass is 9.98. The molecule has 0 unspecified atom stereocenters. The van der Waals surface area contributed by atoms with Gasteiger partial charge in [0, 0.05) is 31.9 Å². The lowest BCUT2D eigenvalue weighted by molar-refractivity contribution is -0.135. The van der Waals surface area contributed by atoms with Gasteiger partial charge < -0.3 is 10.2 Å². The first-order valence-corrected chi connectivity index (χ1v) is 12.2. The van der Waals surface area contributed by atoms with E-state index in [0.717, 1.165) is 25.6 Å². The van der Waals surface area contributed by atoms with E-state index in [9.17, 15) is 19.8 Å². The number of hydrogen-bond donors (Lipinski definition) is 2. The van der Waals surface area contributed by atoms with E-state index in [1.165, 1.54) is 0 Å².